The number of carbonyl (C=O) groups excluding carboxylic acids is 6. The van der Waals surface area contributed by atoms with Gasteiger partial charge in [0.2, 0.25) is 35.4 Å². The van der Waals surface area contributed by atoms with Crippen molar-refractivity contribution in [2.45, 2.75) is 101 Å². The molecule has 0 bridgehead atoms. The van der Waals surface area contributed by atoms with Crippen LogP contribution in [0.4, 0.5) is 0 Å². The van der Waals surface area contributed by atoms with Crippen LogP contribution in [0.5, 0.6) is 0 Å². The SMILES string of the molecule is CC[C@H](C)[C@H](NC(=O)[C@H](CO)NC(=O)[C@@H]1CCCN1C(=O)[C@H](CCCN=C(N)N)NC(=O)[C@@H](N)CCSC)C(=O)N[C@@H](CCC(N)=O)C(=O)O. The lowest BCUT2D eigenvalue weighted by Crippen LogP contribution is -2.60. The van der Waals surface area contributed by atoms with Gasteiger partial charge in [0, 0.05) is 19.5 Å². The summed E-state index contributed by atoms with van der Waals surface area (Å²) in [7, 11) is 0. The number of hydrogen-bond acceptors (Lipinski definition) is 11. The zero-order valence-electron chi connectivity index (χ0n) is 28.9. The highest BCUT2D eigenvalue weighted by Crippen LogP contribution is 2.20. The Morgan fingerprint density at radius 2 is 1.58 bits per heavy atom. The number of aliphatic carboxylic acids is 1. The second kappa shape index (κ2) is 22.5. The summed E-state index contributed by atoms with van der Waals surface area (Å²) in [6.07, 6.45) is 3.23. The number of carboxylic acids is 1. The molecule has 284 valence electrons. The minimum absolute atomic E-state index is 0.129. The summed E-state index contributed by atoms with van der Waals surface area (Å²) in [5.41, 5.74) is 21.9. The average molecular weight is 731 g/mol. The quantitative estimate of drug-likeness (QED) is 0.0277. The first-order valence-corrected chi connectivity index (χ1v) is 17.9. The fourth-order valence-electron chi connectivity index (χ4n) is 5.14. The number of aliphatic hydroxyl groups excluding tert-OH is 1. The largest absolute Gasteiger partial charge is 0.480 e. The van der Waals surface area contributed by atoms with Gasteiger partial charge in [-0.05, 0) is 56.5 Å². The topological polar surface area (TPSA) is 328 Å². The number of nitrogens with one attached hydrogen (secondary N) is 4. The van der Waals surface area contributed by atoms with Gasteiger partial charge in [-0.15, -0.1) is 0 Å². The van der Waals surface area contributed by atoms with E-state index in [9.17, 15) is 43.8 Å². The first-order valence-electron chi connectivity index (χ1n) is 16.5. The van der Waals surface area contributed by atoms with Crippen molar-refractivity contribution in [1.29, 1.82) is 0 Å². The number of carboxylic acid groups (broad SMARTS) is 1. The van der Waals surface area contributed by atoms with Crippen molar-refractivity contribution >= 4 is 59.1 Å². The van der Waals surface area contributed by atoms with Crippen LogP contribution >= 0.6 is 11.8 Å². The molecular formula is C30H54N10O9S. The standard InChI is InChI=1S/C30H54N10O9S/c1-4-16(2)23(27(46)37-19(29(48)49)9-10-22(32)42)39-25(44)20(15-41)38-26(45)21-8-6-13-40(21)28(47)18(7-5-12-35-30(33)34)36-24(43)17(31)11-14-50-3/h16-21,23,41H,4-15,31H2,1-3H3,(H2,32,42)(H,36,43)(H,37,46)(H,38,45)(H,39,44)(H,48,49)(H4,33,34,35)/t16-,17-,18-,19-,20-,21-,23-/m0/s1. The van der Waals surface area contributed by atoms with Crippen LogP contribution in [-0.4, -0.2) is 130 Å². The highest BCUT2D eigenvalue weighted by Gasteiger charge is 2.39. The summed E-state index contributed by atoms with van der Waals surface area (Å²) in [6.45, 7) is 2.89. The lowest BCUT2D eigenvalue weighted by molar-refractivity contribution is -0.143. The molecule has 0 radical (unpaired) electrons. The smallest absolute Gasteiger partial charge is 0.326 e. The summed E-state index contributed by atoms with van der Waals surface area (Å²) < 4.78 is 0. The van der Waals surface area contributed by atoms with Crippen molar-refractivity contribution in [2.24, 2.45) is 33.8 Å². The fourth-order valence-corrected chi connectivity index (χ4v) is 5.63. The molecular weight excluding hydrogens is 676 g/mol. The van der Waals surface area contributed by atoms with Crippen LogP contribution in [-0.2, 0) is 33.6 Å². The van der Waals surface area contributed by atoms with E-state index in [-0.39, 0.29) is 44.7 Å². The zero-order valence-corrected chi connectivity index (χ0v) is 29.7. The average Bonchev–Trinajstić information content (AvgIpc) is 3.57. The zero-order chi connectivity index (χ0) is 38.0. The van der Waals surface area contributed by atoms with E-state index in [0.29, 0.717) is 31.4 Å². The Labute approximate surface area is 295 Å². The Balaban J connectivity index is 3.10. The lowest BCUT2D eigenvalue weighted by Gasteiger charge is -2.30. The van der Waals surface area contributed by atoms with Gasteiger partial charge in [-0.1, -0.05) is 20.3 Å². The van der Waals surface area contributed by atoms with Crippen LogP contribution in [0.15, 0.2) is 4.99 Å². The lowest BCUT2D eigenvalue weighted by atomic mass is 9.97. The molecule has 50 heavy (non-hydrogen) atoms. The van der Waals surface area contributed by atoms with Crippen LogP contribution in [0.1, 0.15) is 65.2 Å². The van der Waals surface area contributed by atoms with Crippen LogP contribution in [0.25, 0.3) is 0 Å². The van der Waals surface area contributed by atoms with E-state index in [4.69, 9.17) is 22.9 Å². The van der Waals surface area contributed by atoms with Gasteiger partial charge >= 0.3 is 5.97 Å². The number of nitrogens with two attached hydrogens (primary N) is 4. The minimum Gasteiger partial charge on any atom is -0.480 e. The highest BCUT2D eigenvalue weighted by atomic mass is 32.2. The predicted octanol–water partition coefficient (Wildman–Crippen LogP) is -3.56. The van der Waals surface area contributed by atoms with Crippen molar-refractivity contribution in [1.82, 2.24) is 26.2 Å². The first-order chi connectivity index (χ1) is 23.6. The molecule has 0 aromatic rings. The molecule has 0 saturated carbocycles. The predicted molar refractivity (Wildman–Crippen MR) is 186 cm³/mol. The second-order valence-electron chi connectivity index (χ2n) is 12.1. The van der Waals surface area contributed by atoms with Crippen molar-refractivity contribution in [3.63, 3.8) is 0 Å². The molecule has 20 heteroatoms. The number of thioether (sulfide) groups is 1. The molecule has 1 saturated heterocycles. The third-order valence-corrected chi connectivity index (χ3v) is 8.91. The fraction of sp³-hybridized carbons (Fsp3) is 0.733. The molecule has 1 rings (SSSR count). The van der Waals surface area contributed by atoms with Crippen LogP contribution in [0.2, 0.25) is 0 Å². The highest BCUT2D eigenvalue weighted by molar-refractivity contribution is 7.98. The number of aliphatic imine (C=N–C) groups is 1. The summed E-state index contributed by atoms with van der Waals surface area (Å²) in [4.78, 5) is 94.4. The molecule has 7 atom stereocenters. The molecule has 0 unspecified atom stereocenters. The van der Waals surface area contributed by atoms with Crippen LogP contribution in [0, 0.1) is 5.92 Å². The number of carbonyl (C=O) groups is 7. The Hall–Kier alpha value is -4.17. The number of guanidine groups is 1. The Morgan fingerprint density at radius 3 is 2.14 bits per heavy atom. The van der Waals surface area contributed by atoms with E-state index in [2.05, 4.69) is 26.3 Å². The van der Waals surface area contributed by atoms with Crippen molar-refractivity contribution in [3.8, 4) is 0 Å². The van der Waals surface area contributed by atoms with Crippen molar-refractivity contribution in [2.75, 3.05) is 31.7 Å². The molecule has 1 heterocycles. The Morgan fingerprint density at radius 1 is 0.920 bits per heavy atom. The Kier molecular flexibility index (Phi) is 19.8. The number of aliphatic hydroxyl groups is 1. The number of hydrogen-bond donors (Lipinski definition) is 10. The van der Waals surface area contributed by atoms with Gasteiger partial charge in [0.05, 0.1) is 12.6 Å². The van der Waals surface area contributed by atoms with E-state index in [1.807, 2.05) is 6.26 Å². The summed E-state index contributed by atoms with van der Waals surface area (Å²) in [5.74, 6) is -5.74. The second-order valence-corrected chi connectivity index (χ2v) is 13.1. The van der Waals surface area contributed by atoms with Crippen LogP contribution in [0.3, 0.4) is 0 Å². The summed E-state index contributed by atoms with van der Waals surface area (Å²) in [5, 5.41) is 29.5. The molecule has 0 aromatic heterocycles. The third kappa shape index (κ3) is 14.8. The summed E-state index contributed by atoms with van der Waals surface area (Å²) >= 11 is 1.52. The maximum atomic E-state index is 13.8. The number of likely N-dealkylation sites (tertiary alicyclic amines) is 1. The molecule has 0 aromatic carbocycles. The van der Waals surface area contributed by atoms with E-state index in [0.717, 1.165) is 0 Å². The number of rotatable bonds is 23. The van der Waals surface area contributed by atoms with Crippen molar-refractivity contribution < 1.29 is 43.8 Å². The Bertz CT molecular complexity index is 1220. The minimum atomic E-state index is -1.53. The molecule has 14 N–H and O–H groups in total. The molecule has 19 nitrogen and oxygen atoms in total. The van der Waals surface area contributed by atoms with Gasteiger partial charge < -0.3 is 59.3 Å². The van der Waals surface area contributed by atoms with Gasteiger partial charge in [-0.2, -0.15) is 11.8 Å². The molecule has 6 amide bonds. The molecule has 1 fully saturated rings. The normalized spacial score (nSPS) is 17.6. The number of nitrogens with zero attached hydrogens (tertiary/aromatic N) is 2. The third-order valence-electron chi connectivity index (χ3n) is 8.27. The van der Waals surface area contributed by atoms with E-state index >= 15 is 0 Å². The van der Waals surface area contributed by atoms with Gasteiger partial charge in [-0.3, -0.25) is 33.8 Å². The monoisotopic (exact) mass is 730 g/mol. The van der Waals surface area contributed by atoms with Gasteiger partial charge in [-0.25, -0.2) is 4.79 Å². The number of primary amides is 1. The van der Waals surface area contributed by atoms with Gasteiger partial charge in [0.15, 0.2) is 5.96 Å². The van der Waals surface area contributed by atoms with Crippen LogP contribution < -0.4 is 44.2 Å². The molecule has 1 aliphatic heterocycles. The van der Waals surface area contributed by atoms with E-state index < -0.39 is 90.2 Å². The molecule has 0 aliphatic carbocycles. The summed E-state index contributed by atoms with van der Waals surface area (Å²) in [6, 6.07) is -7.19. The maximum absolute atomic E-state index is 13.8. The van der Waals surface area contributed by atoms with Crippen molar-refractivity contribution in [3.05, 3.63) is 0 Å². The van der Waals surface area contributed by atoms with Gasteiger partial charge in [0.25, 0.3) is 0 Å². The molecule has 1 aliphatic rings. The first kappa shape index (κ1) is 43.9. The van der Waals surface area contributed by atoms with Gasteiger partial charge in [0.1, 0.15) is 30.2 Å². The number of amides is 6. The van der Waals surface area contributed by atoms with E-state index in [1.54, 1.807) is 13.8 Å². The maximum Gasteiger partial charge on any atom is 0.326 e. The van der Waals surface area contributed by atoms with E-state index in [1.165, 1.54) is 16.7 Å². The molecule has 0 spiro atoms.